The number of nitrogens with zero attached hydrogens (tertiary/aromatic N) is 2. The van der Waals surface area contributed by atoms with E-state index in [-0.39, 0.29) is 17.6 Å². The van der Waals surface area contributed by atoms with Crippen molar-refractivity contribution in [1.82, 2.24) is 4.90 Å². The summed E-state index contributed by atoms with van der Waals surface area (Å²) in [5, 5.41) is 0.676. The Kier molecular flexibility index (Phi) is 3.41. The zero-order valence-corrected chi connectivity index (χ0v) is 12.2. The zero-order chi connectivity index (χ0) is 13.6. The molecule has 2 aliphatic heterocycles. The molecular formula is C12H10ClFN2OS2. The Hall–Kier alpha value is -0.850. The summed E-state index contributed by atoms with van der Waals surface area (Å²) in [5.41, 5.74) is 0.179. The largest absolute Gasteiger partial charge is 0.327 e. The number of carbonyl (C=O) groups excluding carboxylic acids is 1. The van der Waals surface area contributed by atoms with E-state index in [0.717, 1.165) is 12.2 Å². The van der Waals surface area contributed by atoms with Gasteiger partial charge in [-0.2, -0.15) is 0 Å². The van der Waals surface area contributed by atoms with Crippen LogP contribution in [0.5, 0.6) is 0 Å². The summed E-state index contributed by atoms with van der Waals surface area (Å²) >= 11 is 12.8. The maximum absolute atomic E-state index is 14.0. The van der Waals surface area contributed by atoms with Gasteiger partial charge in [-0.15, -0.1) is 11.8 Å². The van der Waals surface area contributed by atoms with E-state index in [1.165, 1.54) is 17.0 Å². The lowest BCUT2D eigenvalue weighted by atomic mass is 10.2. The van der Waals surface area contributed by atoms with Gasteiger partial charge in [0.1, 0.15) is 11.9 Å². The number of hydrogen-bond acceptors (Lipinski definition) is 3. The molecule has 2 aliphatic rings. The van der Waals surface area contributed by atoms with Gasteiger partial charge in [-0.05, 0) is 42.6 Å². The van der Waals surface area contributed by atoms with Crippen LogP contribution in [0.1, 0.15) is 6.42 Å². The van der Waals surface area contributed by atoms with Gasteiger partial charge in [0.05, 0.1) is 11.6 Å². The third-order valence-electron chi connectivity index (χ3n) is 3.24. The van der Waals surface area contributed by atoms with Crippen LogP contribution in [0, 0.1) is 5.82 Å². The van der Waals surface area contributed by atoms with E-state index in [4.69, 9.17) is 23.8 Å². The number of amides is 1. The summed E-state index contributed by atoms with van der Waals surface area (Å²) in [6.45, 7) is 0. The predicted octanol–water partition coefficient (Wildman–Crippen LogP) is 2.88. The van der Waals surface area contributed by atoms with Crippen molar-refractivity contribution in [3.8, 4) is 0 Å². The summed E-state index contributed by atoms with van der Waals surface area (Å²) in [5.74, 6) is 0.926. The first kappa shape index (κ1) is 13.1. The Morgan fingerprint density at radius 3 is 2.95 bits per heavy atom. The molecule has 2 heterocycles. The van der Waals surface area contributed by atoms with Gasteiger partial charge in [-0.1, -0.05) is 11.6 Å². The quantitative estimate of drug-likeness (QED) is 0.743. The van der Waals surface area contributed by atoms with Crippen LogP contribution >= 0.6 is 35.6 Å². The number of halogens is 2. The van der Waals surface area contributed by atoms with Crippen molar-refractivity contribution in [2.45, 2.75) is 12.5 Å². The minimum Gasteiger partial charge on any atom is -0.327 e. The number of hydrogen-bond donors (Lipinski definition) is 0. The first-order chi connectivity index (χ1) is 9.09. The van der Waals surface area contributed by atoms with Gasteiger partial charge >= 0.3 is 0 Å². The van der Waals surface area contributed by atoms with E-state index in [1.807, 2.05) is 4.90 Å². The Balaban J connectivity index is 2.00. The Labute approximate surface area is 124 Å². The third-order valence-corrected chi connectivity index (χ3v) is 4.87. The maximum Gasteiger partial charge on any atom is 0.256 e. The average Bonchev–Trinajstić information content (AvgIpc) is 2.64. The monoisotopic (exact) mass is 316 g/mol. The molecule has 1 aromatic rings. The molecular weight excluding hydrogens is 307 g/mol. The van der Waals surface area contributed by atoms with Gasteiger partial charge in [0.15, 0.2) is 5.11 Å². The van der Waals surface area contributed by atoms with Gasteiger partial charge in [0.25, 0.3) is 5.91 Å². The fourth-order valence-corrected chi connectivity index (χ4v) is 3.94. The maximum atomic E-state index is 14.0. The first-order valence-corrected chi connectivity index (χ1v) is 7.71. The number of thioether (sulfide) groups is 1. The van der Waals surface area contributed by atoms with Crippen LogP contribution in [0.4, 0.5) is 10.1 Å². The third kappa shape index (κ3) is 2.11. The number of rotatable bonds is 1. The zero-order valence-electron chi connectivity index (χ0n) is 9.81. The van der Waals surface area contributed by atoms with Crippen molar-refractivity contribution in [3.05, 3.63) is 29.0 Å². The smallest absolute Gasteiger partial charge is 0.256 e. The molecule has 0 spiro atoms. The molecule has 1 aromatic carbocycles. The Morgan fingerprint density at radius 2 is 2.26 bits per heavy atom. The number of anilines is 1. The molecule has 1 amide bonds. The van der Waals surface area contributed by atoms with Gasteiger partial charge in [-0.25, -0.2) is 4.39 Å². The van der Waals surface area contributed by atoms with Crippen LogP contribution in [-0.4, -0.2) is 33.6 Å². The second kappa shape index (κ2) is 4.92. The molecule has 1 unspecified atom stereocenters. The van der Waals surface area contributed by atoms with Crippen molar-refractivity contribution in [2.24, 2.45) is 0 Å². The van der Waals surface area contributed by atoms with E-state index in [0.29, 0.717) is 16.0 Å². The van der Waals surface area contributed by atoms with Gasteiger partial charge in [-0.3, -0.25) is 9.69 Å². The number of benzene rings is 1. The minimum atomic E-state index is -0.532. The number of fused-ring (bicyclic) bond motifs is 1. The van der Waals surface area contributed by atoms with Crippen LogP contribution in [0.2, 0.25) is 5.02 Å². The molecule has 1 atom stereocenters. The predicted molar refractivity (Wildman–Crippen MR) is 79.1 cm³/mol. The molecule has 100 valence electrons. The van der Waals surface area contributed by atoms with Crippen LogP contribution in [0.25, 0.3) is 0 Å². The lowest BCUT2D eigenvalue weighted by Gasteiger charge is -2.27. The molecule has 0 aliphatic carbocycles. The minimum absolute atomic E-state index is 0.147. The molecule has 3 nitrogen and oxygen atoms in total. The highest BCUT2D eigenvalue weighted by atomic mass is 35.5. The van der Waals surface area contributed by atoms with Crippen molar-refractivity contribution < 1.29 is 9.18 Å². The topological polar surface area (TPSA) is 23.6 Å². The molecule has 2 fully saturated rings. The summed E-state index contributed by atoms with van der Waals surface area (Å²) in [4.78, 5) is 15.5. The van der Waals surface area contributed by atoms with Gasteiger partial charge in [0, 0.05) is 5.02 Å². The number of carbonyl (C=O) groups is 1. The van der Waals surface area contributed by atoms with Crippen LogP contribution in [0.15, 0.2) is 18.2 Å². The second-order valence-electron chi connectivity index (χ2n) is 4.36. The molecule has 3 rings (SSSR count). The van der Waals surface area contributed by atoms with Crippen LogP contribution < -0.4 is 4.90 Å². The van der Waals surface area contributed by atoms with E-state index in [2.05, 4.69) is 0 Å². The Bertz CT molecular complexity index is 545. The van der Waals surface area contributed by atoms with Crippen molar-refractivity contribution >= 4 is 52.3 Å². The average molecular weight is 317 g/mol. The lowest BCUT2D eigenvalue weighted by molar-refractivity contribution is -0.119. The summed E-state index contributed by atoms with van der Waals surface area (Å²) in [6.07, 6.45) is 0.745. The highest BCUT2D eigenvalue weighted by Crippen LogP contribution is 2.33. The standard InChI is InChI=1S/C12H10ClFN2OS2/c13-7-1-2-9(8(14)5-7)16-11(17)10-3-4-19-6-15(10)12(16)18/h1-2,5,10H,3-4,6H2. The Morgan fingerprint density at radius 1 is 1.47 bits per heavy atom. The van der Waals surface area contributed by atoms with Gasteiger partial charge in [0.2, 0.25) is 0 Å². The molecule has 0 saturated carbocycles. The van der Waals surface area contributed by atoms with Crippen molar-refractivity contribution in [1.29, 1.82) is 0 Å². The molecule has 0 bridgehead atoms. The second-order valence-corrected chi connectivity index (χ2v) is 6.24. The van der Waals surface area contributed by atoms with E-state index in [1.54, 1.807) is 17.8 Å². The highest BCUT2D eigenvalue weighted by Gasteiger charge is 2.44. The van der Waals surface area contributed by atoms with Crippen LogP contribution in [0.3, 0.4) is 0 Å². The fourth-order valence-electron chi connectivity index (χ4n) is 2.31. The molecule has 0 radical (unpaired) electrons. The molecule has 0 aromatic heterocycles. The molecule has 2 saturated heterocycles. The van der Waals surface area contributed by atoms with Crippen molar-refractivity contribution in [3.63, 3.8) is 0 Å². The van der Waals surface area contributed by atoms with E-state index in [9.17, 15) is 9.18 Å². The lowest BCUT2D eigenvalue weighted by Crippen LogP contribution is -2.38. The first-order valence-electron chi connectivity index (χ1n) is 5.77. The SMILES string of the molecule is O=C1C2CCSCN2C(=S)N1c1ccc(Cl)cc1F. The summed E-state index contributed by atoms with van der Waals surface area (Å²) in [6, 6.07) is 4.00. The molecule has 19 heavy (non-hydrogen) atoms. The van der Waals surface area contributed by atoms with Crippen molar-refractivity contribution in [2.75, 3.05) is 16.5 Å². The molecule has 0 N–H and O–H groups in total. The summed E-state index contributed by atoms with van der Waals surface area (Å²) < 4.78 is 14.0. The fraction of sp³-hybridized carbons (Fsp3) is 0.333. The van der Waals surface area contributed by atoms with E-state index < -0.39 is 5.82 Å². The van der Waals surface area contributed by atoms with E-state index >= 15 is 0 Å². The number of thiocarbonyl (C=S) groups is 1. The molecule has 7 heteroatoms. The van der Waals surface area contributed by atoms with Crippen LogP contribution in [-0.2, 0) is 4.79 Å². The summed E-state index contributed by atoms with van der Waals surface area (Å²) in [7, 11) is 0. The highest BCUT2D eigenvalue weighted by molar-refractivity contribution is 7.99. The van der Waals surface area contributed by atoms with Gasteiger partial charge < -0.3 is 4.90 Å². The normalized spacial score (nSPS) is 22.9.